The molecule has 0 radical (unpaired) electrons. The monoisotopic (exact) mass is 364 g/mol. The third-order valence-electron chi connectivity index (χ3n) is 5.93. The zero-order chi connectivity index (χ0) is 19.2. The fourth-order valence-corrected chi connectivity index (χ4v) is 4.41. The van der Waals surface area contributed by atoms with Crippen LogP contribution in [0.1, 0.15) is 62.5 Å². The van der Waals surface area contributed by atoms with Gasteiger partial charge in [0.1, 0.15) is 0 Å². The Morgan fingerprint density at radius 3 is 2.33 bits per heavy atom. The number of hydrogen-bond acceptors (Lipinski definition) is 2. The molecule has 2 N–H and O–H groups in total. The van der Waals surface area contributed by atoms with E-state index < -0.39 is 0 Å². The lowest BCUT2D eigenvalue weighted by atomic mass is 9.77. The summed E-state index contributed by atoms with van der Waals surface area (Å²) in [7, 11) is 0. The second kappa shape index (κ2) is 9.07. The second-order valence-electron chi connectivity index (χ2n) is 7.91. The highest BCUT2D eigenvalue weighted by Gasteiger charge is 2.31. The SMILES string of the molecule is CCCC(c1ccccc1N1CCC(C)CC1)C(C(N)=O)c1ccccc1. The molecule has 144 valence electrons. The average molecular weight is 365 g/mol. The highest BCUT2D eigenvalue weighted by Crippen LogP contribution is 2.41. The molecule has 1 amide bonds. The van der Waals surface area contributed by atoms with E-state index in [2.05, 4.69) is 43.0 Å². The lowest BCUT2D eigenvalue weighted by molar-refractivity contribution is -0.120. The van der Waals surface area contributed by atoms with Gasteiger partial charge in [0.15, 0.2) is 0 Å². The van der Waals surface area contributed by atoms with Crippen molar-refractivity contribution in [1.29, 1.82) is 0 Å². The van der Waals surface area contributed by atoms with Crippen LogP contribution in [-0.2, 0) is 4.79 Å². The summed E-state index contributed by atoms with van der Waals surface area (Å²) < 4.78 is 0. The predicted molar refractivity (Wildman–Crippen MR) is 113 cm³/mol. The highest BCUT2D eigenvalue weighted by molar-refractivity contribution is 5.83. The molecule has 1 saturated heterocycles. The van der Waals surface area contributed by atoms with E-state index in [0.717, 1.165) is 37.4 Å². The van der Waals surface area contributed by atoms with Crippen LogP contribution < -0.4 is 10.6 Å². The molecule has 3 heteroatoms. The number of nitrogens with zero attached hydrogens (tertiary/aromatic N) is 1. The summed E-state index contributed by atoms with van der Waals surface area (Å²) in [5.74, 6) is 0.366. The van der Waals surface area contributed by atoms with Crippen LogP contribution in [0.3, 0.4) is 0 Å². The molecular formula is C24H32N2O. The first kappa shape index (κ1) is 19.5. The molecule has 1 fully saturated rings. The van der Waals surface area contributed by atoms with Crippen molar-refractivity contribution < 1.29 is 4.79 Å². The zero-order valence-electron chi connectivity index (χ0n) is 16.6. The number of carbonyl (C=O) groups is 1. The second-order valence-corrected chi connectivity index (χ2v) is 7.91. The Morgan fingerprint density at radius 2 is 1.70 bits per heavy atom. The van der Waals surface area contributed by atoms with Crippen LogP contribution in [0, 0.1) is 5.92 Å². The number of hydrogen-bond donors (Lipinski definition) is 1. The van der Waals surface area contributed by atoms with Crippen LogP contribution in [0.25, 0.3) is 0 Å². The predicted octanol–water partition coefficient (Wildman–Crippen LogP) is 5.08. The fourth-order valence-electron chi connectivity index (χ4n) is 4.41. The van der Waals surface area contributed by atoms with E-state index in [9.17, 15) is 4.79 Å². The minimum Gasteiger partial charge on any atom is -0.371 e. The Kier molecular flexibility index (Phi) is 6.54. The molecule has 0 spiro atoms. The van der Waals surface area contributed by atoms with Gasteiger partial charge in [0.05, 0.1) is 5.92 Å². The van der Waals surface area contributed by atoms with Gasteiger partial charge in [0, 0.05) is 24.7 Å². The van der Waals surface area contributed by atoms with Gasteiger partial charge >= 0.3 is 0 Å². The molecule has 0 bridgehead atoms. The van der Waals surface area contributed by atoms with Crippen LogP contribution in [0.15, 0.2) is 54.6 Å². The normalized spacial score (nSPS) is 17.5. The summed E-state index contributed by atoms with van der Waals surface area (Å²) in [5, 5.41) is 0. The molecule has 2 aromatic carbocycles. The summed E-state index contributed by atoms with van der Waals surface area (Å²) in [6.07, 6.45) is 4.42. The van der Waals surface area contributed by atoms with Crippen molar-refractivity contribution in [1.82, 2.24) is 0 Å². The largest absolute Gasteiger partial charge is 0.371 e. The molecule has 2 atom stereocenters. The van der Waals surface area contributed by atoms with Crippen LogP contribution in [0.2, 0.25) is 0 Å². The third-order valence-corrected chi connectivity index (χ3v) is 5.93. The van der Waals surface area contributed by atoms with Crippen LogP contribution in [0.5, 0.6) is 0 Å². The lowest BCUT2D eigenvalue weighted by Crippen LogP contribution is -2.34. The molecule has 0 aromatic heterocycles. The number of piperidine rings is 1. The maximum atomic E-state index is 12.5. The van der Waals surface area contributed by atoms with Crippen molar-refractivity contribution in [3.05, 3.63) is 65.7 Å². The van der Waals surface area contributed by atoms with Crippen LogP contribution in [0.4, 0.5) is 5.69 Å². The quantitative estimate of drug-likeness (QED) is 0.745. The molecule has 2 aromatic rings. The standard InChI is InChI=1S/C24H32N2O/c1-3-9-21(23(24(25)27)19-10-5-4-6-11-19)20-12-7-8-13-22(20)26-16-14-18(2)15-17-26/h4-8,10-13,18,21,23H,3,9,14-17H2,1-2H3,(H2,25,27). The molecule has 1 heterocycles. The van der Waals surface area contributed by atoms with Crippen molar-refractivity contribution in [3.8, 4) is 0 Å². The number of para-hydroxylation sites is 1. The number of anilines is 1. The summed E-state index contributed by atoms with van der Waals surface area (Å²) in [6, 6.07) is 18.7. The van der Waals surface area contributed by atoms with Crippen LogP contribution >= 0.6 is 0 Å². The van der Waals surface area contributed by atoms with E-state index in [1.807, 2.05) is 30.3 Å². The minimum atomic E-state index is -0.295. The zero-order valence-corrected chi connectivity index (χ0v) is 16.6. The summed E-state index contributed by atoms with van der Waals surface area (Å²) in [6.45, 7) is 6.69. The van der Waals surface area contributed by atoms with Gasteiger partial charge in [-0.15, -0.1) is 0 Å². The smallest absolute Gasteiger partial charge is 0.225 e. The highest BCUT2D eigenvalue weighted by atomic mass is 16.1. The summed E-state index contributed by atoms with van der Waals surface area (Å²) in [4.78, 5) is 15.0. The van der Waals surface area contributed by atoms with Crippen molar-refractivity contribution in [2.75, 3.05) is 18.0 Å². The summed E-state index contributed by atoms with van der Waals surface area (Å²) >= 11 is 0. The van der Waals surface area contributed by atoms with Crippen molar-refractivity contribution in [2.24, 2.45) is 11.7 Å². The molecule has 3 rings (SSSR count). The van der Waals surface area contributed by atoms with Gasteiger partial charge in [-0.25, -0.2) is 0 Å². The first-order valence-corrected chi connectivity index (χ1v) is 10.3. The number of benzene rings is 2. The first-order valence-electron chi connectivity index (χ1n) is 10.3. The molecular weight excluding hydrogens is 332 g/mol. The number of rotatable bonds is 7. The van der Waals surface area contributed by atoms with E-state index in [1.165, 1.54) is 24.1 Å². The van der Waals surface area contributed by atoms with Gasteiger partial charge in [-0.1, -0.05) is 68.8 Å². The van der Waals surface area contributed by atoms with Gasteiger partial charge in [-0.3, -0.25) is 4.79 Å². The topological polar surface area (TPSA) is 46.3 Å². The van der Waals surface area contributed by atoms with Gasteiger partial charge in [0.25, 0.3) is 0 Å². The van der Waals surface area contributed by atoms with E-state index in [-0.39, 0.29) is 17.7 Å². The van der Waals surface area contributed by atoms with Crippen LogP contribution in [-0.4, -0.2) is 19.0 Å². The third kappa shape index (κ3) is 4.52. The molecule has 3 nitrogen and oxygen atoms in total. The Hall–Kier alpha value is -2.29. The van der Waals surface area contributed by atoms with E-state index in [4.69, 9.17) is 5.73 Å². The van der Waals surface area contributed by atoms with Gasteiger partial charge in [0.2, 0.25) is 5.91 Å². The molecule has 2 unspecified atom stereocenters. The molecule has 27 heavy (non-hydrogen) atoms. The molecule has 0 saturated carbocycles. The van der Waals surface area contributed by atoms with E-state index in [0.29, 0.717) is 0 Å². The maximum absolute atomic E-state index is 12.5. The number of primary amides is 1. The van der Waals surface area contributed by atoms with Crippen molar-refractivity contribution >= 4 is 11.6 Å². The fraction of sp³-hybridized carbons (Fsp3) is 0.458. The molecule has 0 aliphatic carbocycles. The Morgan fingerprint density at radius 1 is 1.07 bits per heavy atom. The first-order chi connectivity index (χ1) is 13.1. The summed E-state index contributed by atoms with van der Waals surface area (Å²) in [5.41, 5.74) is 9.50. The molecule has 1 aliphatic rings. The Balaban J connectivity index is 2.01. The number of nitrogens with two attached hydrogens (primary N) is 1. The van der Waals surface area contributed by atoms with Gasteiger partial charge < -0.3 is 10.6 Å². The number of amides is 1. The minimum absolute atomic E-state index is 0.102. The Labute approximate surface area is 163 Å². The van der Waals surface area contributed by atoms with Crippen molar-refractivity contribution in [3.63, 3.8) is 0 Å². The maximum Gasteiger partial charge on any atom is 0.225 e. The van der Waals surface area contributed by atoms with Crippen molar-refractivity contribution in [2.45, 2.75) is 51.4 Å². The van der Waals surface area contributed by atoms with Gasteiger partial charge in [-0.2, -0.15) is 0 Å². The average Bonchev–Trinajstić information content (AvgIpc) is 2.69. The molecule has 1 aliphatic heterocycles. The van der Waals surface area contributed by atoms with E-state index in [1.54, 1.807) is 0 Å². The van der Waals surface area contributed by atoms with Gasteiger partial charge in [-0.05, 0) is 42.4 Å². The lowest BCUT2D eigenvalue weighted by Gasteiger charge is -2.36. The van der Waals surface area contributed by atoms with E-state index >= 15 is 0 Å². The number of carbonyl (C=O) groups excluding carboxylic acids is 1. The Bertz CT molecular complexity index is 735.